The Bertz CT molecular complexity index is 372. The van der Waals surface area contributed by atoms with Crippen LogP contribution in [0.5, 0.6) is 0 Å². The van der Waals surface area contributed by atoms with Crippen LogP contribution in [0.15, 0.2) is 18.2 Å². The van der Waals surface area contributed by atoms with E-state index in [9.17, 15) is 9.50 Å². The number of aliphatic hydroxyl groups is 1. The summed E-state index contributed by atoms with van der Waals surface area (Å²) in [7, 11) is 0. The van der Waals surface area contributed by atoms with Gasteiger partial charge in [-0.3, -0.25) is 0 Å². The van der Waals surface area contributed by atoms with Crippen LogP contribution in [0.3, 0.4) is 0 Å². The summed E-state index contributed by atoms with van der Waals surface area (Å²) in [6, 6.07) is 4.51. The van der Waals surface area contributed by atoms with Gasteiger partial charge in [0, 0.05) is 11.6 Å². The van der Waals surface area contributed by atoms with E-state index in [1.807, 2.05) is 0 Å². The molecule has 1 aliphatic carbocycles. The van der Waals surface area contributed by atoms with Crippen molar-refractivity contribution >= 4 is 11.6 Å². The van der Waals surface area contributed by atoms with Crippen LogP contribution in [-0.2, 0) is 6.42 Å². The summed E-state index contributed by atoms with van der Waals surface area (Å²) >= 11 is 6.01. The summed E-state index contributed by atoms with van der Waals surface area (Å²) in [6.45, 7) is 0.195. The Kier molecular flexibility index (Phi) is 3.50. The Labute approximate surface area is 100 Å². The SMILES string of the molecule is OCC1(Cc2ccc(F)cc2Cl)CCCC1. The number of halogens is 2. The van der Waals surface area contributed by atoms with E-state index in [1.165, 1.54) is 25.0 Å². The molecule has 0 bridgehead atoms. The van der Waals surface area contributed by atoms with E-state index >= 15 is 0 Å². The molecule has 1 fully saturated rings. The molecule has 0 amide bonds. The van der Waals surface area contributed by atoms with Gasteiger partial charge in [-0.05, 0) is 42.4 Å². The van der Waals surface area contributed by atoms with E-state index in [1.54, 1.807) is 6.07 Å². The molecule has 0 heterocycles. The summed E-state index contributed by atoms with van der Waals surface area (Å²) in [5, 5.41) is 9.98. The van der Waals surface area contributed by atoms with E-state index in [-0.39, 0.29) is 17.8 Å². The number of rotatable bonds is 3. The summed E-state index contributed by atoms with van der Waals surface area (Å²) in [5.41, 5.74) is 0.917. The first kappa shape index (κ1) is 11.9. The summed E-state index contributed by atoms with van der Waals surface area (Å²) in [6.07, 6.45) is 5.16. The molecule has 0 aliphatic heterocycles. The van der Waals surface area contributed by atoms with Gasteiger partial charge in [-0.15, -0.1) is 0 Å². The Balaban J connectivity index is 2.19. The van der Waals surface area contributed by atoms with Crippen LogP contribution in [-0.4, -0.2) is 11.7 Å². The highest BCUT2D eigenvalue weighted by atomic mass is 35.5. The first-order valence-electron chi connectivity index (χ1n) is 5.70. The maximum Gasteiger partial charge on any atom is 0.124 e. The molecule has 1 N–H and O–H groups in total. The predicted molar refractivity (Wildman–Crippen MR) is 63.1 cm³/mol. The molecule has 1 aromatic carbocycles. The molecule has 2 rings (SSSR count). The minimum Gasteiger partial charge on any atom is -0.396 e. The molecule has 1 saturated carbocycles. The van der Waals surface area contributed by atoms with Crippen LogP contribution < -0.4 is 0 Å². The average Bonchev–Trinajstić information content (AvgIpc) is 2.72. The monoisotopic (exact) mass is 242 g/mol. The lowest BCUT2D eigenvalue weighted by Gasteiger charge is -2.26. The second kappa shape index (κ2) is 4.72. The Morgan fingerprint density at radius 1 is 1.31 bits per heavy atom. The van der Waals surface area contributed by atoms with Gasteiger partial charge in [-0.25, -0.2) is 4.39 Å². The lowest BCUT2D eigenvalue weighted by molar-refractivity contribution is 0.130. The molecule has 0 spiro atoms. The third kappa shape index (κ3) is 2.38. The highest BCUT2D eigenvalue weighted by Crippen LogP contribution is 2.41. The van der Waals surface area contributed by atoms with Gasteiger partial charge in [0.1, 0.15) is 5.82 Å². The molecule has 1 aromatic rings. The van der Waals surface area contributed by atoms with Gasteiger partial charge in [0.05, 0.1) is 0 Å². The molecule has 16 heavy (non-hydrogen) atoms. The largest absolute Gasteiger partial charge is 0.396 e. The fraction of sp³-hybridized carbons (Fsp3) is 0.538. The van der Waals surface area contributed by atoms with Gasteiger partial charge in [-0.2, -0.15) is 0 Å². The van der Waals surface area contributed by atoms with Crippen LogP contribution in [0.25, 0.3) is 0 Å². The molecule has 0 aromatic heterocycles. The summed E-state index contributed by atoms with van der Waals surface area (Å²) < 4.78 is 12.9. The van der Waals surface area contributed by atoms with Crippen molar-refractivity contribution in [1.82, 2.24) is 0 Å². The van der Waals surface area contributed by atoms with Crippen LogP contribution >= 0.6 is 11.6 Å². The van der Waals surface area contributed by atoms with Gasteiger partial charge >= 0.3 is 0 Å². The van der Waals surface area contributed by atoms with E-state index < -0.39 is 0 Å². The quantitative estimate of drug-likeness (QED) is 0.859. The Morgan fingerprint density at radius 3 is 2.56 bits per heavy atom. The first-order valence-corrected chi connectivity index (χ1v) is 6.08. The number of hydrogen-bond acceptors (Lipinski definition) is 1. The molecule has 88 valence electrons. The molecule has 3 heteroatoms. The molecule has 1 aliphatic rings. The van der Waals surface area contributed by atoms with E-state index in [0.717, 1.165) is 24.8 Å². The minimum atomic E-state index is -0.307. The zero-order chi connectivity index (χ0) is 11.6. The fourth-order valence-electron chi connectivity index (χ4n) is 2.58. The zero-order valence-corrected chi connectivity index (χ0v) is 9.93. The summed E-state index contributed by atoms with van der Waals surface area (Å²) in [5.74, 6) is -0.307. The van der Waals surface area contributed by atoms with Crippen molar-refractivity contribution < 1.29 is 9.50 Å². The molecule has 0 unspecified atom stereocenters. The van der Waals surface area contributed by atoms with Crippen molar-refractivity contribution in [3.63, 3.8) is 0 Å². The van der Waals surface area contributed by atoms with Crippen molar-refractivity contribution in [2.24, 2.45) is 5.41 Å². The maximum atomic E-state index is 12.9. The highest BCUT2D eigenvalue weighted by molar-refractivity contribution is 6.31. The van der Waals surface area contributed by atoms with Crippen molar-refractivity contribution in [2.45, 2.75) is 32.1 Å². The van der Waals surface area contributed by atoms with Crippen molar-refractivity contribution in [3.05, 3.63) is 34.6 Å². The first-order chi connectivity index (χ1) is 7.65. The number of benzene rings is 1. The lowest BCUT2D eigenvalue weighted by Crippen LogP contribution is -2.24. The zero-order valence-electron chi connectivity index (χ0n) is 9.18. The normalized spacial score (nSPS) is 18.9. The van der Waals surface area contributed by atoms with Crippen molar-refractivity contribution in [2.75, 3.05) is 6.61 Å². The van der Waals surface area contributed by atoms with Crippen molar-refractivity contribution in [3.8, 4) is 0 Å². The number of aliphatic hydroxyl groups excluding tert-OH is 1. The third-order valence-corrected chi connectivity index (χ3v) is 3.93. The van der Waals surface area contributed by atoms with E-state index in [0.29, 0.717) is 5.02 Å². The molecule has 0 saturated heterocycles. The van der Waals surface area contributed by atoms with Gasteiger partial charge in [-0.1, -0.05) is 30.5 Å². The Hall–Kier alpha value is -0.600. The average molecular weight is 243 g/mol. The molecule has 0 atom stereocenters. The minimum absolute atomic E-state index is 0.0263. The fourth-order valence-corrected chi connectivity index (χ4v) is 2.82. The third-order valence-electron chi connectivity index (χ3n) is 3.58. The van der Waals surface area contributed by atoms with Crippen molar-refractivity contribution in [1.29, 1.82) is 0 Å². The maximum absolute atomic E-state index is 12.9. The molecular weight excluding hydrogens is 227 g/mol. The second-order valence-corrected chi connectivity index (χ2v) is 5.18. The van der Waals surface area contributed by atoms with E-state index in [4.69, 9.17) is 11.6 Å². The standard InChI is InChI=1S/C13H16ClFO/c14-12-7-11(15)4-3-10(12)8-13(9-16)5-1-2-6-13/h3-4,7,16H,1-2,5-6,8-9H2. The van der Waals surface area contributed by atoms with Crippen LogP contribution in [0, 0.1) is 11.2 Å². The molecular formula is C13H16ClFO. The van der Waals surface area contributed by atoms with Gasteiger partial charge in [0.25, 0.3) is 0 Å². The van der Waals surface area contributed by atoms with Crippen LogP contribution in [0.2, 0.25) is 5.02 Å². The van der Waals surface area contributed by atoms with Gasteiger partial charge < -0.3 is 5.11 Å². The van der Waals surface area contributed by atoms with Crippen LogP contribution in [0.4, 0.5) is 4.39 Å². The Morgan fingerprint density at radius 2 is 2.00 bits per heavy atom. The predicted octanol–water partition coefficient (Wildman–Crippen LogP) is 3.57. The van der Waals surface area contributed by atoms with Gasteiger partial charge in [0.2, 0.25) is 0 Å². The highest BCUT2D eigenvalue weighted by Gasteiger charge is 2.33. The van der Waals surface area contributed by atoms with Gasteiger partial charge in [0.15, 0.2) is 0 Å². The van der Waals surface area contributed by atoms with Crippen LogP contribution in [0.1, 0.15) is 31.2 Å². The molecule has 0 radical (unpaired) electrons. The van der Waals surface area contributed by atoms with E-state index in [2.05, 4.69) is 0 Å². The smallest absolute Gasteiger partial charge is 0.124 e. The molecule has 1 nitrogen and oxygen atoms in total. The lowest BCUT2D eigenvalue weighted by atomic mass is 9.81. The topological polar surface area (TPSA) is 20.2 Å². The number of hydrogen-bond donors (Lipinski definition) is 1. The second-order valence-electron chi connectivity index (χ2n) is 4.78. The summed E-state index contributed by atoms with van der Waals surface area (Å²) in [4.78, 5) is 0.